The Bertz CT molecular complexity index is 692. The van der Waals surface area contributed by atoms with E-state index in [1.165, 1.54) is 25.7 Å². The van der Waals surface area contributed by atoms with Crippen LogP contribution < -0.4 is 5.32 Å². The largest absolute Gasteiger partial charge is 0.347 e. The smallest absolute Gasteiger partial charge is 0.270 e. The van der Waals surface area contributed by atoms with Gasteiger partial charge in [0.25, 0.3) is 5.91 Å². The molecule has 0 bridgehead atoms. The van der Waals surface area contributed by atoms with E-state index < -0.39 is 0 Å². The number of hydrogen-bond acceptors (Lipinski definition) is 3. The van der Waals surface area contributed by atoms with Gasteiger partial charge in [-0.1, -0.05) is 30.0 Å². The van der Waals surface area contributed by atoms with Crippen molar-refractivity contribution in [1.82, 2.24) is 14.9 Å². The summed E-state index contributed by atoms with van der Waals surface area (Å²) in [7, 11) is 0. The van der Waals surface area contributed by atoms with E-state index in [0.29, 0.717) is 23.6 Å². The van der Waals surface area contributed by atoms with Crippen molar-refractivity contribution in [3.63, 3.8) is 0 Å². The zero-order valence-corrected chi connectivity index (χ0v) is 14.1. The third kappa shape index (κ3) is 3.02. The predicted octanol–water partition coefficient (Wildman–Crippen LogP) is 3.51. The van der Waals surface area contributed by atoms with Crippen LogP contribution in [0.4, 0.5) is 0 Å². The van der Waals surface area contributed by atoms with Crippen molar-refractivity contribution in [2.75, 3.05) is 6.26 Å². The number of carbonyl (C=O) groups excluding carboxylic acids is 1. The lowest BCUT2D eigenvalue weighted by atomic mass is 10.1. The average Bonchev–Trinajstić information content (AvgIpc) is 3.50. The monoisotopic (exact) mass is 327 g/mol. The summed E-state index contributed by atoms with van der Waals surface area (Å²) in [5, 5.41) is 4.14. The maximum Gasteiger partial charge on any atom is 0.270 e. The first kappa shape index (κ1) is 14.8. The van der Waals surface area contributed by atoms with Gasteiger partial charge in [0.1, 0.15) is 5.69 Å². The molecule has 2 aromatic rings. The highest BCUT2D eigenvalue weighted by Gasteiger charge is 2.42. The highest BCUT2D eigenvalue weighted by atomic mass is 32.2. The molecule has 0 saturated heterocycles. The molecule has 0 aliphatic heterocycles. The highest BCUT2D eigenvalue weighted by molar-refractivity contribution is 7.98. The van der Waals surface area contributed by atoms with Crippen LogP contribution in [-0.4, -0.2) is 27.8 Å². The lowest BCUT2D eigenvalue weighted by Gasteiger charge is -2.18. The van der Waals surface area contributed by atoms with Crippen molar-refractivity contribution >= 4 is 17.7 Å². The minimum atomic E-state index is 0.00505. The minimum absolute atomic E-state index is 0.00505. The van der Waals surface area contributed by atoms with Gasteiger partial charge < -0.3 is 5.32 Å². The van der Waals surface area contributed by atoms with Crippen LogP contribution in [0.1, 0.15) is 36.2 Å². The number of para-hydroxylation sites is 1. The number of hydrogen-bond donors (Lipinski definition) is 1. The van der Waals surface area contributed by atoms with Crippen LogP contribution in [0.2, 0.25) is 0 Å². The second kappa shape index (κ2) is 6.04. The Morgan fingerprint density at radius 1 is 1.22 bits per heavy atom. The fourth-order valence-electron chi connectivity index (χ4n) is 3.22. The van der Waals surface area contributed by atoms with Crippen molar-refractivity contribution < 1.29 is 4.79 Å². The summed E-state index contributed by atoms with van der Waals surface area (Å²) in [5.41, 5.74) is 1.61. The molecule has 2 fully saturated rings. The Morgan fingerprint density at radius 2 is 1.87 bits per heavy atom. The van der Waals surface area contributed by atoms with Crippen LogP contribution >= 0.6 is 11.8 Å². The van der Waals surface area contributed by atoms with E-state index in [-0.39, 0.29) is 5.91 Å². The zero-order chi connectivity index (χ0) is 15.8. The van der Waals surface area contributed by atoms with E-state index in [9.17, 15) is 4.79 Å². The maximum absolute atomic E-state index is 12.9. The Hall–Kier alpha value is -1.75. The fourth-order valence-corrected chi connectivity index (χ4v) is 3.77. The minimum Gasteiger partial charge on any atom is -0.347 e. The first-order chi connectivity index (χ1) is 11.3. The van der Waals surface area contributed by atoms with Gasteiger partial charge in [0.05, 0.1) is 6.20 Å². The van der Waals surface area contributed by atoms with E-state index in [1.54, 1.807) is 18.0 Å². The number of nitrogens with one attached hydrogen (secondary N) is 1. The number of carbonyl (C=O) groups is 1. The van der Waals surface area contributed by atoms with Crippen LogP contribution in [0.15, 0.2) is 41.7 Å². The summed E-state index contributed by atoms with van der Waals surface area (Å²) in [4.78, 5) is 17.3. The molecule has 2 saturated carbocycles. The van der Waals surface area contributed by atoms with Crippen LogP contribution in [-0.2, 0) is 0 Å². The van der Waals surface area contributed by atoms with E-state index in [2.05, 4.69) is 10.3 Å². The highest BCUT2D eigenvalue weighted by Crippen LogP contribution is 2.44. The molecular weight excluding hydrogens is 306 g/mol. The normalized spacial score (nSPS) is 17.5. The molecule has 0 unspecified atom stereocenters. The number of amides is 1. The predicted molar refractivity (Wildman–Crippen MR) is 92.0 cm³/mol. The molecule has 5 heteroatoms. The number of imidazole rings is 1. The topological polar surface area (TPSA) is 46.9 Å². The lowest BCUT2D eigenvalue weighted by Crippen LogP contribution is -2.38. The molecule has 120 valence electrons. The quantitative estimate of drug-likeness (QED) is 0.826. The van der Waals surface area contributed by atoms with Crippen LogP contribution in [0, 0.1) is 11.8 Å². The van der Waals surface area contributed by atoms with Gasteiger partial charge in [-0.2, -0.15) is 0 Å². The maximum atomic E-state index is 12.9. The van der Waals surface area contributed by atoms with E-state index in [4.69, 9.17) is 0 Å². The van der Waals surface area contributed by atoms with Gasteiger partial charge in [-0.15, -0.1) is 0 Å². The summed E-state index contributed by atoms with van der Waals surface area (Å²) in [6, 6.07) is 10.3. The van der Waals surface area contributed by atoms with Crippen LogP contribution in [0.3, 0.4) is 0 Å². The molecule has 0 spiro atoms. The molecule has 4 nitrogen and oxygen atoms in total. The van der Waals surface area contributed by atoms with Gasteiger partial charge in [0, 0.05) is 11.7 Å². The van der Waals surface area contributed by atoms with Crippen molar-refractivity contribution in [3.05, 3.63) is 42.2 Å². The molecule has 2 aliphatic carbocycles. The summed E-state index contributed by atoms with van der Waals surface area (Å²) in [5.74, 6) is 1.39. The molecule has 1 aromatic carbocycles. The van der Waals surface area contributed by atoms with Crippen molar-refractivity contribution in [1.29, 1.82) is 0 Å². The van der Waals surface area contributed by atoms with Gasteiger partial charge in [-0.05, 0) is 55.9 Å². The van der Waals surface area contributed by atoms with Gasteiger partial charge in [-0.25, -0.2) is 4.98 Å². The Labute approximate surface area is 140 Å². The molecule has 0 atom stereocenters. The number of aromatic nitrogens is 2. The van der Waals surface area contributed by atoms with Crippen molar-refractivity contribution in [2.45, 2.75) is 36.9 Å². The Kier molecular flexibility index (Phi) is 3.89. The molecule has 0 radical (unpaired) electrons. The van der Waals surface area contributed by atoms with Crippen molar-refractivity contribution in [2.24, 2.45) is 11.8 Å². The number of benzene rings is 1. The molecule has 1 N–H and O–H groups in total. The van der Waals surface area contributed by atoms with Gasteiger partial charge in [0.2, 0.25) is 0 Å². The molecule has 2 aliphatic rings. The van der Waals surface area contributed by atoms with Crippen molar-refractivity contribution in [3.8, 4) is 5.69 Å². The second-order valence-corrected chi connectivity index (χ2v) is 7.25. The summed E-state index contributed by atoms with van der Waals surface area (Å²) in [6.45, 7) is 0. The summed E-state index contributed by atoms with van der Waals surface area (Å²) < 4.78 is 1.96. The molecule has 1 amide bonds. The Morgan fingerprint density at radius 3 is 2.43 bits per heavy atom. The molecule has 4 rings (SSSR count). The van der Waals surface area contributed by atoms with Crippen LogP contribution in [0.25, 0.3) is 5.69 Å². The lowest BCUT2D eigenvalue weighted by molar-refractivity contribution is 0.0919. The number of rotatable bonds is 6. The average molecular weight is 327 g/mol. The Balaban J connectivity index is 1.63. The molecule has 1 heterocycles. The zero-order valence-electron chi connectivity index (χ0n) is 13.2. The number of nitrogens with zero attached hydrogens (tertiary/aromatic N) is 2. The molecule has 23 heavy (non-hydrogen) atoms. The standard InChI is InChI=1S/C18H21N3OS/c1-23-18-19-11-15(21(18)14-5-3-2-4-6-14)17(22)20-16(12-7-8-12)13-9-10-13/h2-6,11-13,16H,7-10H2,1H3,(H,20,22). The third-order valence-corrected chi connectivity index (χ3v) is 5.37. The third-order valence-electron chi connectivity index (χ3n) is 4.72. The summed E-state index contributed by atoms with van der Waals surface area (Å²) in [6.07, 6.45) is 8.72. The van der Waals surface area contributed by atoms with Crippen LogP contribution in [0.5, 0.6) is 0 Å². The van der Waals surface area contributed by atoms with Gasteiger partial charge in [-0.3, -0.25) is 9.36 Å². The molecule has 1 aromatic heterocycles. The second-order valence-electron chi connectivity index (χ2n) is 6.48. The van der Waals surface area contributed by atoms with Gasteiger partial charge in [0.15, 0.2) is 5.16 Å². The molecular formula is C18H21N3OS. The first-order valence-corrected chi connectivity index (χ1v) is 9.48. The van der Waals surface area contributed by atoms with E-state index in [0.717, 1.165) is 10.8 Å². The summed E-state index contributed by atoms with van der Waals surface area (Å²) >= 11 is 1.56. The number of thioether (sulfide) groups is 1. The van der Waals surface area contributed by atoms with E-state index in [1.807, 2.05) is 41.2 Å². The fraction of sp³-hybridized carbons (Fsp3) is 0.444. The SMILES string of the molecule is CSc1ncc(C(=O)NC(C2CC2)C2CC2)n1-c1ccccc1. The van der Waals surface area contributed by atoms with Gasteiger partial charge >= 0.3 is 0 Å². The van der Waals surface area contributed by atoms with E-state index >= 15 is 0 Å². The first-order valence-electron chi connectivity index (χ1n) is 8.26.